The zero-order valence-electron chi connectivity index (χ0n) is 12.0. The predicted octanol–water partition coefficient (Wildman–Crippen LogP) is 3.60. The van der Waals surface area contributed by atoms with Crippen molar-refractivity contribution in [2.75, 3.05) is 5.32 Å². The van der Waals surface area contributed by atoms with Crippen LogP contribution >= 0.6 is 0 Å². The summed E-state index contributed by atoms with van der Waals surface area (Å²) in [4.78, 5) is 15.7. The van der Waals surface area contributed by atoms with Crippen LogP contribution in [0, 0.1) is 6.92 Å². The molecule has 22 heavy (non-hydrogen) atoms. The number of fused-ring (bicyclic) bond motifs is 2. The van der Waals surface area contributed by atoms with E-state index in [1.165, 1.54) is 0 Å². The van der Waals surface area contributed by atoms with Gasteiger partial charge in [-0.1, -0.05) is 18.2 Å². The molecule has 2 aromatic carbocycles. The molecular weight excluding hydrogens is 276 g/mol. The van der Waals surface area contributed by atoms with Crippen molar-refractivity contribution in [3.8, 4) is 0 Å². The van der Waals surface area contributed by atoms with Gasteiger partial charge in [-0.05, 0) is 42.1 Å². The summed E-state index contributed by atoms with van der Waals surface area (Å²) in [5.41, 5.74) is 4.05. The van der Waals surface area contributed by atoms with Crippen molar-refractivity contribution in [1.82, 2.24) is 15.2 Å². The van der Waals surface area contributed by atoms with Crippen LogP contribution in [0.5, 0.6) is 0 Å². The molecule has 4 rings (SSSR count). The number of nitrogens with zero attached hydrogens (tertiary/aromatic N) is 1. The Bertz CT molecular complexity index is 996. The number of carbonyl (C=O) groups is 1. The van der Waals surface area contributed by atoms with Gasteiger partial charge in [0.15, 0.2) is 5.69 Å². The summed E-state index contributed by atoms with van der Waals surface area (Å²) in [6.07, 6.45) is 1.89. The molecular formula is C17H14N4O. The van der Waals surface area contributed by atoms with E-state index in [4.69, 9.17) is 0 Å². The average Bonchev–Trinajstić information content (AvgIpc) is 3.13. The molecule has 3 N–H and O–H groups in total. The van der Waals surface area contributed by atoms with E-state index in [0.717, 1.165) is 33.1 Å². The van der Waals surface area contributed by atoms with Gasteiger partial charge in [0.25, 0.3) is 5.91 Å². The number of H-pyrrole nitrogens is 2. The highest BCUT2D eigenvalue weighted by Crippen LogP contribution is 2.24. The molecule has 0 radical (unpaired) electrons. The summed E-state index contributed by atoms with van der Waals surface area (Å²) in [6, 6.07) is 13.6. The number of nitrogens with one attached hydrogen (secondary N) is 3. The monoisotopic (exact) mass is 290 g/mol. The summed E-state index contributed by atoms with van der Waals surface area (Å²) in [5, 5.41) is 11.9. The van der Waals surface area contributed by atoms with Crippen molar-refractivity contribution in [3.05, 3.63) is 59.9 Å². The largest absolute Gasteiger partial charge is 0.361 e. The van der Waals surface area contributed by atoms with Gasteiger partial charge in [-0.25, -0.2) is 0 Å². The number of aromatic amines is 2. The Morgan fingerprint density at radius 1 is 1.14 bits per heavy atom. The number of carbonyl (C=O) groups excluding carboxylic acids is 1. The molecule has 2 aromatic heterocycles. The molecule has 0 spiro atoms. The number of hydrogen-bond donors (Lipinski definition) is 3. The lowest BCUT2D eigenvalue weighted by Gasteiger charge is -2.08. The minimum absolute atomic E-state index is 0.216. The molecule has 0 unspecified atom stereocenters. The Morgan fingerprint density at radius 2 is 2.00 bits per heavy atom. The highest BCUT2D eigenvalue weighted by atomic mass is 16.1. The second kappa shape index (κ2) is 4.73. The summed E-state index contributed by atoms with van der Waals surface area (Å²) < 4.78 is 0. The minimum Gasteiger partial charge on any atom is -0.361 e. The lowest BCUT2D eigenvalue weighted by Crippen LogP contribution is -2.13. The van der Waals surface area contributed by atoms with E-state index in [1.54, 1.807) is 0 Å². The first-order valence-corrected chi connectivity index (χ1v) is 7.04. The van der Waals surface area contributed by atoms with E-state index in [2.05, 4.69) is 20.5 Å². The molecule has 5 heteroatoms. The van der Waals surface area contributed by atoms with Gasteiger partial charge >= 0.3 is 0 Å². The molecule has 0 saturated carbocycles. The van der Waals surface area contributed by atoms with Gasteiger partial charge in [0.1, 0.15) is 0 Å². The fourth-order valence-electron chi connectivity index (χ4n) is 2.67. The SMILES string of the molecule is Cc1cc2cc[nH]c2cc1NC(=O)c1n[nH]c2ccccc12. The van der Waals surface area contributed by atoms with Gasteiger partial charge in [-0.3, -0.25) is 9.89 Å². The first-order valence-electron chi connectivity index (χ1n) is 7.04. The third kappa shape index (κ3) is 1.95. The maximum Gasteiger partial charge on any atom is 0.276 e. The number of hydrogen-bond acceptors (Lipinski definition) is 2. The third-order valence-corrected chi connectivity index (χ3v) is 3.83. The van der Waals surface area contributed by atoms with E-state index in [0.29, 0.717) is 5.69 Å². The number of rotatable bonds is 2. The lowest BCUT2D eigenvalue weighted by atomic mass is 10.1. The topological polar surface area (TPSA) is 73.6 Å². The summed E-state index contributed by atoms with van der Waals surface area (Å²) in [5.74, 6) is -0.216. The molecule has 0 fully saturated rings. The van der Waals surface area contributed by atoms with Crippen LogP contribution in [0.2, 0.25) is 0 Å². The van der Waals surface area contributed by atoms with Crippen LogP contribution in [0.4, 0.5) is 5.69 Å². The first kappa shape index (κ1) is 12.6. The van der Waals surface area contributed by atoms with Crippen molar-refractivity contribution >= 4 is 33.4 Å². The molecule has 0 aliphatic heterocycles. The molecule has 2 heterocycles. The Morgan fingerprint density at radius 3 is 2.91 bits per heavy atom. The predicted molar refractivity (Wildman–Crippen MR) is 87.1 cm³/mol. The normalized spacial score (nSPS) is 11.1. The minimum atomic E-state index is -0.216. The molecule has 1 amide bonds. The zero-order chi connectivity index (χ0) is 15.1. The highest BCUT2D eigenvalue weighted by Gasteiger charge is 2.15. The van der Waals surface area contributed by atoms with Gasteiger partial charge in [-0.2, -0.15) is 5.10 Å². The van der Waals surface area contributed by atoms with E-state index in [-0.39, 0.29) is 5.91 Å². The molecule has 0 bridgehead atoms. The standard InChI is InChI=1S/C17H14N4O/c1-10-8-11-6-7-18-15(11)9-14(10)19-17(22)16-12-4-2-3-5-13(12)20-21-16/h2-9,18H,1H3,(H,19,22)(H,20,21). The van der Waals surface area contributed by atoms with Gasteiger partial charge in [0.2, 0.25) is 0 Å². The Hall–Kier alpha value is -3.08. The fraction of sp³-hybridized carbons (Fsp3) is 0.0588. The molecule has 0 aliphatic rings. The van der Waals surface area contributed by atoms with Crippen LogP contribution < -0.4 is 5.32 Å². The van der Waals surface area contributed by atoms with Gasteiger partial charge in [-0.15, -0.1) is 0 Å². The summed E-state index contributed by atoms with van der Waals surface area (Å²) >= 11 is 0. The van der Waals surface area contributed by atoms with Crippen LogP contribution in [0.25, 0.3) is 21.8 Å². The van der Waals surface area contributed by atoms with Crippen molar-refractivity contribution in [1.29, 1.82) is 0 Å². The first-order chi connectivity index (χ1) is 10.7. The maximum absolute atomic E-state index is 12.5. The van der Waals surface area contributed by atoms with Crippen molar-refractivity contribution in [3.63, 3.8) is 0 Å². The number of amides is 1. The smallest absolute Gasteiger partial charge is 0.276 e. The molecule has 5 nitrogen and oxygen atoms in total. The van der Waals surface area contributed by atoms with Gasteiger partial charge in [0, 0.05) is 22.8 Å². The average molecular weight is 290 g/mol. The van der Waals surface area contributed by atoms with Crippen LogP contribution in [-0.4, -0.2) is 21.1 Å². The Balaban J connectivity index is 1.72. The molecule has 0 atom stereocenters. The van der Waals surface area contributed by atoms with Gasteiger partial charge < -0.3 is 10.3 Å². The maximum atomic E-state index is 12.5. The van der Waals surface area contributed by atoms with Crippen LogP contribution in [0.3, 0.4) is 0 Å². The summed E-state index contributed by atoms with van der Waals surface area (Å²) in [7, 11) is 0. The van der Waals surface area contributed by atoms with Crippen molar-refractivity contribution in [2.24, 2.45) is 0 Å². The van der Waals surface area contributed by atoms with Gasteiger partial charge in [0.05, 0.1) is 5.52 Å². The highest BCUT2D eigenvalue weighted by molar-refractivity contribution is 6.11. The number of aryl methyl sites for hydroxylation is 1. The van der Waals surface area contributed by atoms with Crippen molar-refractivity contribution in [2.45, 2.75) is 6.92 Å². The van der Waals surface area contributed by atoms with Crippen LogP contribution in [-0.2, 0) is 0 Å². The molecule has 4 aromatic rings. The molecule has 108 valence electrons. The van der Waals surface area contributed by atoms with E-state index in [1.807, 2.05) is 55.6 Å². The quantitative estimate of drug-likeness (QED) is 0.527. The molecule has 0 saturated heterocycles. The Labute approximate surface area is 126 Å². The number of anilines is 1. The van der Waals surface area contributed by atoms with E-state index in [9.17, 15) is 4.79 Å². The lowest BCUT2D eigenvalue weighted by molar-refractivity contribution is 0.102. The van der Waals surface area contributed by atoms with E-state index >= 15 is 0 Å². The zero-order valence-corrected chi connectivity index (χ0v) is 12.0. The number of para-hydroxylation sites is 1. The Kier molecular flexibility index (Phi) is 2.72. The second-order valence-corrected chi connectivity index (χ2v) is 5.30. The van der Waals surface area contributed by atoms with E-state index < -0.39 is 0 Å². The summed E-state index contributed by atoms with van der Waals surface area (Å²) in [6.45, 7) is 1.98. The fourth-order valence-corrected chi connectivity index (χ4v) is 2.67. The van der Waals surface area contributed by atoms with Crippen molar-refractivity contribution < 1.29 is 4.79 Å². The number of aromatic nitrogens is 3. The third-order valence-electron chi connectivity index (χ3n) is 3.83. The molecule has 0 aliphatic carbocycles. The van der Waals surface area contributed by atoms with Crippen LogP contribution in [0.1, 0.15) is 16.1 Å². The van der Waals surface area contributed by atoms with Crippen LogP contribution in [0.15, 0.2) is 48.7 Å². The number of benzene rings is 2. The second-order valence-electron chi connectivity index (χ2n) is 5.30.